The molecule has 1 saturated carbocycles. The van der Waals surface area contributed by atoms with Crippen LogP contribution < -0.4 is 15.4 Å². The van der Waals surface area contributed by atoms with E-state index in [-0.39, 0.29) is 23.8 Å². The van der Waals surface area contributed by atoms with Crippen LogP contribution in [0.1, 0.15) is 50.0 Å². The Hall–Kier alpha value is -3.20. The van der Waals surface area contributed by atoms with E-state index >= 15 is 0 Å². The van der Waals surface area contributed by atoms with Gasteiger partial charge in [-0.15, -0.1) is 0 Å². The van der Waals surface area contributed by atoms with Crippen molar-refractivity contribution in [1.29, 1.82) is 0 Å². The summed E-state index contributed by atoms with van der Waals surface area (Å²) in [5.41, 5.74) is 0.555. The third-order valence-corrected chi connectivity index (χ3v) is 6.20. The quantitative estimate of drug-likeness (QED) is 0.446. The maximum atomic E-state index is 14.7. The van der Waals surface area contributed by atoms with Crippen LogP contribution in [0, 0.1) is 11.6 Å². The molecule has 1 heterocycles. The molecule has 3 aromatic rings. The average Bonchev–Trinajstić information content (AvgIpc) is 3.21. The van der Waals surface area contributed by atoms with E-state index in [4.69, 9.17) is 4.74 Å². The zero-order chi connectivity index (χ0) is 23.6. The van der Waals surface area contributed by atoms with Crippen molar-refractivity contribution in [3.8, 4) is 5.75 Å². The van der Waals surface area contributed by atoms with Gasteiger partial charge in [-0.2, -0.15) is 0 Å². The highest BCUT2D eigenvalue weighted by Crippen LogP contribution is 2.28. The van der Waals surface area contributed by atoms with Crippen LogP contribution in [0.4, 0.5) is 13.6 Å². The average molecular weight is 459 g/mol. The van der Waals surface area contributed by atoms with E-state index in [2.05, 4.69) is 20.6 Å². The van der Waals surface area contributed by atoms with Crippen molar-refractivity contribution in [2.24, 2.45) is 0 Å². The topological polar surface area (TPSA) is 99.3 Å². The lowest BCUT2D eigenvalue weighted by atomic mass is 9.84. The Labute approximate surface area is 190 Å². The predicted molar refractivity (Wildman–Crippen MR) is 120 cm³/mol. The molecule has 9 heteroatoms. The van der Waals surface area contributed by atoms with Crippen LogP contribution >= 0.6 is 0 Å². The van der Waals surface area contributed by atoms with Crippen LogP contribution in [-0.4, -0.2) is 39.9 Å². The molecule has 1 aliphatic carbocycles. The van der Waals surface area contributed by atoms with E-state index in [0.29, 0.717) is 37.0 Å². The number of carbonyl (C=O) groups is 1. The van der Waals surface area contributed by atoms with Gasteiger partial charge in [0.05, 0.1) is 29.8 Å². The number of ether oxygens (including phenoxy) is 1. The molecule has 4 rings (SSSR count). The van der Waals surface area contributed by atoms with Gasteiger partial charge in [0.1, 0.15) is 23.2 Å². The number of benzene rings is 2. The Kier molecular flexibility index (Phi) is 6.51. The van der Waals surface area contributed by atoms with Crippen molar-refractivity contribution < 1.29 is 23.4 Å². The fourth-order valence-electron chi connectivity index (χ4n) is 4.22. The molecule has 1 aromatic heterocycles. The second-order valence-corrected chi connectivity index (χ2v) is 8.85. The van der Waals surface area contributed by atoms with E-state index in [1.807, 2.05) is 24.3 Å². The summed E-state index contributed by atoms with van der Waals surface area (Å²) in [7, 11) is 1.33. The fourth-order valence-corrected chi connectivity index (χ4v) is 4.22. The van der Waals surface area contributed by atoms with Gasteiger partial charge in [0.15, 0.2) is 0 Å². The van der Waals surface area contributed by atoms with Crippen LogP contribution in [0.2, 0.25) is 0 Å². The number of halogens is 2. The lowest BCUT2D eigenvalue weighted by molar-refractivity contribution is 0.0151. The first-order valence-electron chi connectivity index (χ1n) is 11.0. The smallest absolute Gasteiger partial charge is 0.315 e. The number of aromatic nitrogens is 2. The number of imidazole rings is 1. The van der Waals surface area contributed by atoms with Crippen LogP contribution in [-0.2, 0) is 6.42 Å². The molecule has 2 amide bonds. The monoisotopic (exact) mass is 458 g/mol. The standard InChI is InChI=1S/C24H28F2N4O3/c1-24(32)9-7-14(8-10-24)27-23(31)30-21(22-28-19-5-3-4-6-20(19)29-22)13-16-17(25)11-15(33-2)12-18(16)26/h3-6,11-12,14,21,32H,7-10,13H2,1-2H3,(H,28,29)(H2,27,30,31). The predicted octanol–water partition coefficient (Wildman–Crippen LogP) is 4.13. The van der Waals surface area contributed by atoms with E-state index in [1.54, 1.807) is 6.92 Å². The van der Waals surface area contributed by atoms with Gasteiger partial charge < -0.3 is 25.5 Å². The van der Waals surface area contributed by atoms with Crippen LogP contribution in [0.5, 0.6) is 5.75 Å². The summed E-state index contributed by atoms with van der Waals surface area (Å²) in [4.78, 5) is 20.5. The second-order valence-electron chi connectivity index (χ2n) is 8.85. The number of fused-ring (bicyclic) bond motifs is 1. The molecule has 0 saturated heterocycles. The first-order valence-corrected chi connectivity index (χ1v) is 11.0. The van der Waals surface area contributed by atoms with Crippen molar-refractivity contribution in [2.45, 2.75) is 56.7 Å². The zero-order valence-electron chi connectivity index (χ0n) is 18.6. The number of hydrogen-bond donors (Lipinski definition) is 4. The molecule has 2 aromatic carbocycles. The maximum absolute atomic E-state index is 14.7. The SMILES string of the molecule is COc1cc(F)c(CC(NC(=O)NC2CCC(C)(O)CC2)c2nc3ccccc3[nH]2)c(F)c1. The largest absolute Gasteiger partial charge is 0.497 e. The van der Waals surface area contributed by atoms with Gasteiger partial charge in [-0.1, -0.05) is 12.1 Å². The number of rotatable bonds is 6. The highest BCUT2D eigenvalue weighted by Gasteiger charge is 2.30. The number of methoxy groups -OCH3 is 1. The van der Waals surface area contributed by atoms with Gasteiger partial charge in [-0.25, -0.2) is 18.6 Å². The van der Waals surface area contributed by atoms with Gasteiger partial charge in [0.2, 0.25) is 0 Å². The molecule has 1 unspecified atom stereocenters. The normalized spacial score (nSPS) is 21.5. The number of carbonyl (C=O) groups excluding carboxylic acids is 1. The third kappa shape index (κ3) is 5.42. The molecular formula is C24H28F2N4O3. The second kappa shape index (κ2) is 9.35. The Balaban J connectivity index is 1.56. The molecule has 4 N–H and O–H groups in total. The Morgan fingerprint density at radius 3 is 2.58 bits per heavy atom. The summed E-state index contributed by atoms with van der Waals surface area (Å²) >= 11 is 0. The van der Waals surface area contributed by atoms with Crippen molar-refractivity contribution in [2.75, 3.05) is 7.11 Å². The van der Waals surface area contributed by atoms with Crippen molar-refractivity contribution >= 4 is 17.1 Å². The fraction of sp³-hybridized carbons (Fsp3) is 0.417. The molecular weight excluding hydrogens is 430 g/mol. The maximum Gasteiger partial charge on any atom is 0.315 e. The van der Waals surface area contributed by atoms with Gasteiger partial charge >= 0.3 is 6.03 Å². The molecule has 33 heavy (non-hydrogen) atoms. The van der Waals surface area contributed by atoms with Crippen LogP contribution in [0.25, 0.3) is 11.0 Å². The summed E-state index contributed by atoms with van der Waals surface area (Å²) in [6, 6.07) is 8.21. The Morgan fingerprint density at radius 1 is 1.27 bits per heavy atom. The third-order valence-electron chi connectivity index (χ3n) is 6.20. The number of amides is 2. The molecule has 7 nitrogen and oxygen atoms in total. The number of para-hydroxylation sites is 2. The minimum Gasteiger partial charge on any atom is -0.497 e. The molecule has 0 radical (unpaired) electrons. The molecule has 1 fully saturated rings. The molecule has 0 aliphatic heterocycles. The molecule has 0 bridgehead atoms. The van der Waals surface area contributed by atoms with Crippen LogP contribution in [0.3, 0.4) is 0 Å². The highest BCUT2D eigenvalue weighted by molar-refractivity contribution is 5.76. The van der Waals surface area contributed by atoms with Crippen molar-refractivity contribution in [3.63, 3.8) is 0 Å². The summed E-state index contributed by atoms with van der Waals surface area (Å²) in [5.74, 6) is -1.05. The minimum absolute atomic E-state index is 0.0768. The molecule has 0 spiro atoms. The first kappa shape index (κ1) is 23.0. The zero-order valence-corrected chi connectivity index (χ0v) is 18.6. The first-order chi connectivity index (χ1) is 15.7. The highest BCUT2D eigenvalue weighted by atomic mass is 19.1. The minimum atomic E-state index is -0.804. The lowest BCUT2D eigenvalue weighted by Crippen LogP contribution is -2.47. The number of urea groups is 1. The lowest BCUT2D eigenvalue weighted by Gasteiger charge is -2.33. The number of nitrogens with one attached hydrogen (secondary N) is 3. The summed E-state index contributed by atoms with van der Waals surface area (Å²) < 4.78 is 34.2. The Bertz CT molecular complexity index is 1080. The van der Waals surface area contributed by atoms with E-state index in [9.17, 15) is 18.7 Å². The number of aromatic amines is 1. The molecule has 176 valence electrons. The summed E-state index contributed by atoms with van der Waals surface area (Å²) in [6.07, 6.45) is 2.34. The summed E-state index contributed by atoms with van der Waals surface area (Å²) in [6.45, 7) is 1.79. The molecule has 1 atom stereocenters. The summed E-state index contributed by atoms with van der Waals surface area (Å²) in [5, 5.41) is 15.9. The van der Waals surface area contributed by atoms with E-state index in [1.165, 1.54) is 7.11 Å². The van der Waals surface area contributed by atoms with Crippen molar-refractivity contribution in [3.05, 3.63) is 59.4 Å². The van der Waals surface area contributed by atoms with Gasteiger partial charge in [0, 0.05) is 30.2 Å². The van der Waals surface area contributed by atoms with Gasteiger partial charge in [-0.05, 0) is 44.7 Å². The van der Waals surface area contributed by atoms with Gasteiger partial charge in [-0.3, -0.25) is 0 Å². The number of aliphatic hydroxyl groups is 1. The molecule has 1 aliphatic rings. The Morgan fingerprint density at radius 2 is 1.94 bits per heavy atom. The van der Waals surface area contributed by atoms with Crippen molar-refractivity contribution in [1.82, 2.24) is 20.6 Å². The van der Waals surface area contributed by atoms with E-state index in [0.717, 1.165) is 17.6 Å². The number of hydrogen-bond acceptors (Lipinski definition) is 4. The van der Waals surface area contributed by atoms with Crippen LogP contribution in [0.15, 0.2) is 36.4 Å². The number of nitrogens with zero attached hydrogens (tertiary/aromatic N) is 1. The van der Waals surface area contributed by atoms with Gasteiger partial charge in [0.25, 0.3) is 0 Å². The van der Waals surface area contributed by atoms with E-state index < -0.39 is 29.3 Å². The number of H-pyrrole nitrogens is 1.